The maximum absolute atomic E-state index is 13.0. The standard InChI is InChI=1S/C31H37N5O3S2/c37-27(13-9-20-4-1-2-5-20)33-16-21-7-10-22(11-8-21)26-17-34-30(41-26)23-18-36(19-23)31(39)25-12-14-28(40-25)35-29(38)24-6-3-15-32-24/h7-8,10-12,14,17,20,23-24,32H,1-6,9,13,15-16,18-19H2,(H,33,37)(H,35,38)/t24-/m0/s1. The molecular weight excluding hydrogens is 555 g/mol. The van der Waals surface area contributed by atoms with Crippen LogP contribution in [0.1, 0.15) is 77.5 Å². The number of nitrogens with one attached hydrogen (secondary N) is 3. The molecule has 0 spiro atoms. The molecule has 2 aliphatic heterocycles. The van der Waals surface area contributed by atoms with Crippen molar-refractivity contribution in [2.75, 3.05) is 25.0 Å². The highest BCUT2D eigenvalue weighted by Crippen LogP contribution is 2.36. The Bertz CT molecular complexity index is 1370. The molecule has 8 nitrogen and oxygen atoms in total. The zero-order valence-corrected chi connectivity index (χ0v) is 24.8. The lowest BCUT2D eigenvalue weighted by Gasteiger charge is -2.37. The van der Waals surface area contributed by atoms with Gasteiger partial charge in [-0.3, -0.25) is 14.4 Å². The number of aromatic nitrogens is 1. The van der Waals surface area contributed by atoms with Crippen LogP contribution in [-0.2, 0) is 16.1 Å². The van der Waals surface area contributed by atoms with Crippen molar-refractivity contribution in [3.05, 3.63) is 58.0 Å². The van der Waals surface area contributed by atoms with Crippen molar-refractivity contribution in [2.45, 2.75) is 69.9 Å². The van der Waals surface area contributed by atoms with Gasteiger partial charge in [0.1, 0.15) is 0 Å². The summed E-state index contributed by atoms with van der Waals surface area (Å²) in [6, 6.07) is 11.8. The highest BCUT2D eigenvalue weighted by molar-refractivity contribution is 7.18. The Morgan fingerprint density at radius 1 is 0.976 bits per heavy atom. The third kappa shape index (κ3) is 6.88. The fourth-order valence-electron chi connectivity index (χ4n) is 5.91. The van der Waals surface area contributed by atoms with Crippen LogP contribution in [0.15, 0.2) is 42.6 Å². The number of likely N-dealkylation sites (tertiary alicyclic amines) is 1. The third-order valence-electron chi connectivity index (χ3n) is 8.46. The minimum absolute atomic E-state index is 0.00346. The van der Waals surface area contributed by atoms with Crippen molar-refractivity contribution in [3.63, 3.8) is 0 Å². The van der Waals surface area contributed by atoms with Gasteiger partial charge in [-0.2, -0.15) is 0 Å². The number of anilines is 1. The molecule has 41 heavy (non-hydrogen) atoms. The van der Waals surface area contributed by atoms with Crippen molar-refractivity contribution in [3.8, 4) is 10.4 Å². The monoisotopic (exact) mass is 591 g/mol. The Kier molecular flexibility index (Phi) is 8.78. The van der Waals surface area contributed by atoms with E-state index in [-0.39, 0.29) is 29.7 Å². The summed E-state index contributed by atoms with van der Waals surface area (Å²) in [4.78, 5) is 45.8. The van der Waals surface area contributed by atoms with E-state index in [1.165, 1.54) is 37.0 Å². The normalized spacial score (nSPS) is 19.3. The van der Waals surface area contributed by atoms with Gasteiger partial charge in [-0.1, -0.05) is 49.9 Å². The number of hydrogen-bond acceptors (Lipinski definition) is 7. The molecule has 1 atom stereocenters. The fourth-order valence-corrected chi connectivity index (χ4v) is 7.80. The van der Waals surface area contributed by atoms with Gasteiger partial charge in [0.05, 0.1) is 25.8 Å². The Hall–Kier alpha value is -3.08. The van der Waals surface area contributed by atoms with Crippen LogP contribution in [0, 0.1) is 5.92 Å². The summed E-state index contributed by atoms with van der Waals surface area (Å²) in [6.07, 6.45) is 10.6. The number of hydrogen-bond donors (Lipinski definition) is 3. The number of carbonyl (C=O) groups is 3. The van der Waals surface area contributed by atoms with Gasteiger partial charge in [0.25, 0.3) is 5.91 Å². The quantitative estimate of drug-likeness (QED) is 0.294. The van der Waals surface area contributed by atoms with Gasteiger partial charge in [0.15, 0.2) is 0 Å². The van der Waals surface area contributed by atoms with Crippen LogP contribution in [0.3, 0.4) is 0 Å². The number of thiazole rings is 1. The Morgan fingerprint density at radius 2 is 1.78 bits per heavy atom. The van der Waals surface area contributed by atoms with Crippen LogP contribution < -0.4 is 16.0 Å². The van der Waals surface area contributed by atoms with Crippen LogP contribution in [0.25, 0.3) is 10.4 Å². The molecule has 0 radical (unpaired) electrons. The predicted molar refractivity (Wildman–Crippen MR) is 163 cm³/mol. The van der Waals surface area contributed by atoms with Crippen molar-refractivity contribution >= 4 is 45.4 Å². The highest BCUT2D eigenvalue weighted by atomic mass is 32.1. The number of thiophene rings is 1. The van der Waals surface area contributed by atoms with Crippen molar-refractivity contribution < 1.29 is 14.4 Å². The molecule has 2 saturated heterocycles. The lowest BCUT2D eigenvalue weighted by molar-refractivity contribution is -0.121. The van der Waals surface area contributed by atoms with Crippen molar-refractivity contribution in [2.24, 2.45) is 5.92 Å². The van der Waals surface area contributed by atoms with Gasteiger partial charge < -0.3 is 20.9 Å². The van der Waals surface area contributed by atoms with E-state index in [9.17, 15) is 14.4 Å². The molecule has 10 heteroatoms. The van der Waals surface area contributed by atoms with E-state index in [1.54, 1.807) is 17.4 Å². The summed E-state index contributed by atoms with van der Waals surface area (Å²) < 4.78 is 0. The van der Waals surface area contributed by atoms with Gasteiger partial charge in [-0.05, 0) is 55.0 Å². The first-order valence-corrected chi connectivity index (χ1v) is 16.4. The Labute approximate surface area is 248 Å². The average molecular weight is 592 g/mol. The van der Waals surface area contributed by atoms with Crippen LogP contribution in [0.2, 0.25) is 0 Å². The molecule has 2 aromatic heterocycles. The minimum atomic E-state index is -0.142. The number of nitrogens with zero attached hydrogens (tertiary/aromatic N) is 2. The topological polar surface area (TPSA) is 103 Å². The van der Waals surface area contributed by atoms with Gasteiger partial charge in [-0.15, -0.1) is 22.7 Å². The third-order valence-corrected chi connectivity index (χ3v) is 10.7. The molecule has 6 rings (SSSR count). The lowest BCUT2D eigenvalue weighted by atomic mass is 10.0. The van der Waals surface area contributed by atoms with E-state index in [2.05, 4.69) is 45.2 Å². The van der Waals surface area contributed by atoms with Gasteiger partial charge >= 0.3 is 0 Å². The van der Waals surface area contributed by atoms with Gasteiger partial charge in [0.2, 0.25) is 11.8 Å². The molecule has 1 aromatic carbocycles. The second-order valence-corrected chi connectivity index (χ2v) is 13.6. The van der Waals surface area contributed by atoms with E-state index >= 15 is 0 Å². The number of amides is 3. The second-order valence-electron chi connectivity index (χ2n) is 11.4. The second kappa shape index (κ2) is 12.8. The fraction of sp³-hybridized carbons (Fsp3) is 0.484. The molecule has 3 aromatic rings. The smallest absolute Gasteiger partial charge is 0.264 e. The summed E-state index contributed by atoms with van der Waals surface area (Å²) >= 11 is 3.01. The summed E-state index contributed by atoms with van der Waals surface area (Å²) in [6.45, 7) is 2.73. The van der Waals surface area contributed by atoms with Crippen molar-refractivity contribution in [1.82, 2.24) is 20.5 Å². The SMILES string of the molecule is O=C(CCC1CCCC1)NCc1ccc(-c2cnc(C3CN(C(=O)c4ccc(NC(=O)[C@@H]5CCCN5)s4)C3)s2)cc1. The number of benzene rings is 1. The molecule has 1 saturated carbocycles. The summed E-state index contributed by atoms with van der Waals surface area (Å²) in [5.41, 5.74) is 2.20. The zero-order chi connectivity index (χ0) is 28.2. The molecular formula is C31H37N5O3S2. The zero-order valence-electron chi connectivity index (χ0n) is 23.2. The van der Waals surface area contributed by atoms with E-state index in [4.69, 9.17) is 0 Å². The van der Waals surface area contributed by atoms with Crippen LogP contribution in [0.4, 0.5) is 5.00 Å². The first-order valence-electron chi connectivity index (χ1n) is 14.8. The molecule has 216 valence electrons. The summed E-state index contributed by atoms with van der Waals surface area (Å²) in [5, 5.41) is 11.0. The largest absolute Gasteiger partial charge is 0.352 e. The molecule has 0 unspecified atom stereocenters. The van der Waals surface area contributed by atoms with Gasteiger partial charge in [-0.25, -0.2) is 4.98 Å². The molecule has 1 aliphatic carbocycles. The lowest BCUT2D eigenvalue weighted by Crippen LogP contribution is -2.48. The predicted octanol–water partition coefficient (Wildman–Crippen LogP) is 5.39. The van der Waals surface area contributed by atoms with E-state index in [0.29, 0.717) is 35.9 Å². The van der Waals surface area contributed by atoms with Crippen LogP contribution >= 0.6 is 22.7 Å². The molecule has 3 aliphatic rings. The van der Waals surface area contributed by atoms with E-state index < -0.39 is 0 Å². The minimum Gasteiger partial charge on any atom is -0.352 e. The first-order chi connectivity index (χ1) is 20.0. The first kappa shape index (κ1) is 28.1. The highest BCUT2D eigenvalue weighted by Gasteiger charge is 2.35. The van der Waals surface area contributed by atoms with E-state index in [0.717, 1.165) is 52.7 Å². The van der Waals surface area contributed by atoms with Crippen LogP contribution in [-0.4, -0.2) is 53.3 Å². The average Bonchev–Trinajstić information content (AvgIpc) is 3.78. The Morgan fingerprint density at radius 3 is 2.54 bits per heavy atom. The number of carbonyl (C=O) groups excluding carboxylic acids is 3. The van der Waals surface area contributed by atoms with Crippen LogP contribution in [0.5, 0.6) is 0 Å². The summed E-state index contributed by atoms with van der Waals surface area (Å²) in [7, 11) is 0. The maximum Gasteiger partial charge on any atom is 0.264 e. The molecule has 4 heterocycles. The number of rotatable bonds is 10. The molecule has 0 bridgehead atoms. The van der Waals surface area contributed by atoms with Crippen molar-refractivity contribution in [1.29, 1.82) is 0 Å². The van der Waals surface area contributed by atoms with E-state index in [1.807, 2.05) is 17.2 Å². The molecule has 3 amide bonds. The Balaban J connectivity index is 0.952. The maximum atomic E-state index is 13.0. The van der Waals surface area contributed by atoms with Gasteiger partial charge in [0, 0.05) is 38.2 Å². The molecule has 3 N–H and O–H groups in total. The molecule has 3 fully saturated rings. The summed E-state index contributed by atoms with van der Waals surface area (Å²) in [5.74, 6) is 1.09.